The number of benzene rings is 4. The van der Waals surface area contributed by atoms with Gasteiger partial charge in [0, 0.05) is 10.9 Å². The lowest BCUT2D eigenvalue weighted by molar-refractivity contribution is 0.920. The van der Waals surface area contributed by atoms with Crippen LogP contribution in [0.3, 0.4) is 0 Å². The molecule has 138 valence electrons. The third-order valence-corrected chi connectivity index (χ3v) is 6.18. The molecule has 4 aromatic carbocycles. The van der Waals surface area contributed by atoms with Crippen LogP contribution in [0.4, 0.5) is 5.69 Å². The van der Waals surface area contributed by atoms with E-state index in [1.807, 2.05) is 0 Å². The Bertz CT molecular complexity index is 1320. The van der Waals surface area contributed by atoms with E-state index in [-0.39, 0.29) is 6.04 Å². The third kappa shape index (κ3) is 2.48. The van der Waals surface area contributed by atoms with E-state index in [2.05, 4.69) is 109 Å². The van der Waals surface area contributed by atoms with E-state index in [0.29, 0.717) is 0 Å². The molecular formula is C28H21N. The van der Waals surface area contributed by atoms with E-state index in [9.17, 15) is 0 Å². The maximum Gasteiger partial charge on any atom is 0.0779 e. The van der Waals surface area contributed by atoms with Gasteiger partial charge < -0.3 is 5.32 Å². The first kappa shape index (κ1) is 16.4. The summed E-state index contributed by atoms with van der Waals surface area (Å²) in [5.41, 5.74) is 10.4. The van der Waals surface area contributed by atoms with Crippen molar-refractivity contribution in [2.75, 3.05) is 5.32 Å². The van der Waals surface area contributed by atoms with Crippen LogP contribution in [0.15, 0.2) is 96.6 Å². The van der Waals surface area contributed by atoms with Crippen LogP contribution >= 0.6 is 0 Å². The molecule has 29 heavy (non-hydrogen) atoms. The second-order valence-corrected chi connectivity index (χ2v) is 7.95. The van der Waals surface area contributed by atoms with E-state index in [1.165, 1.54) is 55.4 Å². The third-order valence-electron chi connectivity index (χ3n) is 6.18. The van der Waals surface area contributed by atoms with E-state index >= 15 is 0 Å². The molecule has 0 aromatic heterocycles. The Hall–Kier alpha value is -3.58. The molecule has 2 aliphatic rings. The lowest BCUT2D eigenvalue weighted by Gasteiger charge is -2.35. The van der Waals surface area contributed by atoms with Crippen LogP contribution in [-0.4, -0.2) is 0 Å². The number of hydrogen-bond acceptors (Lipinski definition) is 1. The summed E-state index contributed by atoms with van der Waals surface area (Å²) in [7, 11) is 0. The molecule has 0 amide bonds. The van der Waals surface area contributed by atoms with Crippen molar-refractivity contribution < 1.29 is 0 Å². The maximum atomic E-state index is 3.90. The lowest BCUT2D eigenvalue weighted by atomic mass is 9.78. The van der Waals surface area contributed by atoms with Crippen LogP contribution in [0.25, 0.3) is 22.4 Å². The Kier molecular flexibility index (Phi) is 3.51. The molecule has 1 N–H and O–H groups in total. The van der Waals surface area contributed by atoms with E-state index < -0.39 is 0 Å². The Morgan fingerprint density at radius 2 is 1.52 bits per heavy atom. The zero-order valence-corrected chi connectivity index (χ0v) is 16.3. The summed E-state index contributed by atoms with van der Waals surface area (Å²) in [6, 6.07) is 31.0. The van der Waals surface area contributed by atoms with Gasteiger partial charge in [-0.15, -0.1) is 0 Å². The Labute approximate surface area is 171 Å². The first-order chi connectivity index (χ1) is 14.3. The van der Waals surface area contributed by atoms with Crippen molar-refractivity contribution in [1.82, 2.24) is 0 Å². The van der Waals surface area contributed by atoms with Crippen molar-refractivity contribution in [3.63, 3.8) is 0 Å². The molecule has 0 saturated carbocycles. The van der Waals surface area contributed by atoms with Gasteiger partial charge in [0.25, 0.3) is 0 Å². The van der Waals surface area contributed by atoms with Gasteiger partial charge >= 0.3 is 0 Å². The van der Waals surface area contributed by atoms with Crippen molar-refractivity contribution in [2.24, 2.45) is 0 Å². The average molecular weight is 371 g/mol. The number of fused-ring (bicyclic) bond motifs is 6. The molecule has 1 unspecified atom stereocenters. The predicted octanol–water partition coefficient (Wildman–Crippen LogP) is 7.14. The molecule has 0 saturated heterocycles. The van der Waals surface area contributed by atoms with E-state index in [4.69, 9.17) is 0 Å². The highest BCUT2D eigenvalue weighted by Gasteiger charge is 2.31. The number of anilines is 1. The standard InChI is InChI=1S/C28H21N/c1-18-10-12-21(13-11-18)26-24-16-14-19-6-2-4-8-22(19)27(24)29-28-23-9-5-3-7-20(23)15-17-25(26)28/h2-17,27,29H,1H3. The smallest absolute Gasteiger partial charge is 0.0779 e. The van der Waals surface area contributed by atoms with Gasteiger partial charge in [0.1, 0.15) is 0 Å². The summed E-state index contributed by atoms with van der Waals surface area (Å²) in [4.78, 5) is 0. The van der Waals surface area contributed by atoms with Crippen molar-refractivity contribution in [1.29, 1.82) is 0 Å². The quantitative estimate of drug-likeness (QED) is 0.375. The van der Waals surface area contributed by atoms with Gasteiger partial charge in [-0.1, -0.05) is 103 Å². The number of aryl methyl sites for hydroxylation is 1. The molecular weight excluding hydrogens is 350 g/mol. The van der Waals surface area contributed by atoms with Gasteiger partial charge in [0.05, 0.1) is 11.7 Å². The van der Waals surface area contributed by atoms with Crippen molar-refractivity contribution in [2.45, 2.75) is 13.0 Å². The summed E-state index contributed by atoms with van der Waals surface area (Å²) in [5, 5.41) is 6.45. The minimum absolute atomic E-state index is 0.158. The van der Waals surface area contributed by atoms with Gasteiger partial charge in [0.15, 0.2) is 0 Å². The number of rotatable bonds is 1. The van der Waals surface area contributed by atoms with Crippen LogP contribution in [-0.2, 0) is 0 Å². The molecule has 1 aliphatic heterocycles. The Morgan fingerprint density at radius 3 is 2.41 bits per heavy atom. The normalized spacial score (nSPS) is 16.8. The maximum absolute atomic E-state index is 3.90. The number of nitrogens with one attached hydrogen (secondary N) is 1. The summed E-state index contributed by atoms with van der Waals surface area (Å²) < 4.78 is 0. The highest BCUT2D eigenvalue weighted by molar-refractivity contribution is 6.05. The van der Waals surface area contributed by atoms with E-state index in [1.54, 1.807) is 0 Å². The zero-order valence-electron chi connectivity index (χ0n) is 16.3. The van der Waals surface area contributed by atoms with Gasteiger partial charge in [-0.05, 0) is 40.1 Å². The molecule has 0 fully saturated rings. The van der Waals surface area contributed by atoms with Crippen LogP contribution in [0.1, 0.15) is 33.9 Å². The van der Waals surface area contributed by atoms with E-state index in [0.717, 1.165) is 0 Å². The van der Waals surface area contributed by atoms with Gasteiger partial charge in [-0.25, -0.2) is 0 Å². The van der Waals surface area contributed by atoms with Crippen LogP contribution in [0.2, 0.25) is 0 Å². The van der Waals surface area contributed by atoms with Gasteiger partial charge in [-0.2, -0.15) is 0 Å². The largest absolute Gasteiger partial charge is 0.373 e. The fraction of sp³-hybridized carbons (Fsp3) is 0.0714. The topological polar surface area (TPSA) is 12.0 Å². The lowest BCUT2D eigenvalue weighted by Crippen LogP contribution is -2.22. The molecule has 1 aliphatic carbocycles. The second kappa shape index (κ2) is 6.22. The minimum atomic E-state index is 0.158. The Balaban J connectivity index is 1.69. The highest BCUT2D eigenvalue weighted by atomic mass is 14.9. The molecule has 1 heterocycles. The monoisotopic (exact) mass is 371 g/mol. The summed E-state index contributed by atoms with van der Waals surface area (Å²) in [6.07, 6.45) is 4.55. The molecule has 1 nitrogen and oxygen atoms in total. The predicted molar refractivity (Wildman–Crippen MR) is 123 cm³/mol. The first-order valence-corrected chi connectivity index (χ1v) is 10.2. The van der Waals surface area contributed by atoms with Crippen molar-refractivity contribution in [3.05, 3.63) is 124 Å². The Morgan fingerprint density at radius 1 is 0.724 bits per heavy atom. The zero-order chi connectivity index (χ0) is 19.4. The second-order valence-electron chi connectivity index (χ2n) is 7.95. The van der Waals surface area contributed by atoms with Crippen LogP contribution in [0.5, 0.6) is 0 Å². The highest BCUT2D eigenvalue weighted by Crippen LogP contribution is 2.48. The summed E-state index contributed by atoms with van der Waals surface area (Å²) in [6.45, 7) is 2.14. The molecule has 1 atom stereocenters. The summed E-state index contributed by atoms with van der Waals surface area (Å²) >= 11 is 0. The fourth-order valence-corrected chi connectivity index (χ4v) is 4.73. The first-order valence-electron chi connectivity index (χ1n) is 10.2. The SMILES string of the molecule is Cc1ccc(C2=C3C=Cc4ccccc4C3Nc3c2ccc2ccccc32)cc1. The fourth-order valence-electron chi connectivity index (χ4n) is 4.73. The molecule has 0 radical (unpaired) electrons. The average Bonchev–Trinajstić information content (AvgIpc) is 2.78. The summed E-state index contributed by atoms with van der Waals surface area (Å²) in [5.74, 6) is 0. The van der Waals surface area contributed by atoms with Gasteiger partial charge in [0.2, 0.25) is 0 Å². The molecule has 1 heteroatoms. The number of hydrogen-bond donors (Lipinski definition) is 1. The van der Waals surface area contributed by atoms with Crippen LogP contribution < -0.4 is 5.32 Å². The molecule has 6 rings (SSSR count). The van der Waals surface area contributed by atoms with Gasteiger partial charge in [-0.3, -0.25) is 0 Å². The molecule has 4 aromatic rings. The molecule has 0 spiro atoms. The van der Waals surface area contributed by atoms with Crippen molar-refractivity contribution >= 4 is 28.1 Å². The van der Waals surface area contributed by atoms with Crippen molar-refractivity contribution in [3.8, 4) is 0 Å². The minimum Gasteiger partial charge on any atom is -0.373 e. The van der Waals surface area contributed by atoms with Crippen LogP contribution in [0, 0.1) is 6.92 Å². The molecule has 0 bridgehead atoms.